The van der Waals surface area contributed by atoms with Crippen LogP contribution in [-0.2, 0) is 17.8 Å². The first-order valence-electron chi connectivity index (χ1n) is 9.14. The summed E-state index contributed by atoms with van der Waals surface area (Å²) in [4.78, 5) is 37.6. The van der Waals surface area contributed by atoms with Crippen molar-refractivity contribution >= 4 is 23.6 Å². The molecule has 0 radical (unpaired) electrons. The number of carbonyl (C=O) groups is 3. The third-order valence-electron chi connectivity index (χ3n) is 4.82. The minimum Gasteiger partial charge on any atom is -0.478 e. The van der Waals surface area contributed by atoms with E-state index in [2.05, 4.69) is 10.6 Å². The van der Waals surface area contributed by atoms with Gasteiger partial charge in [0.25, 0.3) is 0 Å². The number of hydrogen-bond donors (Lipinski definition) is 3. The van der Waals surface area contributed by atoms with Crippen molar-refractivity contribution in [1.82, 2.24) is 10.6 Å². The number of rotatable bonds is 5. The van der Waals surface area contributed by atoms with Gasteiger partial charge in [-0.2, -0.15) is 0 Å². The lowest BCUT2D eigenvalue weighted by Gasteiger charge is -2.26. The Bertz CT molecular complexity index is 895. The summed E-state index contributed by atoms with van der Waals surface area (Å²) in [7, 11) is 0. The molecule has 3 rings (SSSR count). The number of aromatic carboxylic acids is 1. The molecule has 0 spiro atoms. The van der Waals surface area contributed by atoms with Gasteiger partial charge in [0.2, 0.25) is 5.91 Å². The number of nitrogens with one attached hydrogen (secondary N) is 2. The second kappa shape index (κ2) is 8.12. The van der Waals surface area contributed by atoms with Crippen LogP contribution in [0.2, 0.25) is 0 Å². The van der Waals surface area contributed by atoms with Crippen LogP contribution in [0.5, 0.6) is 0 Å². The highest BCUT2D eigenvalue weighted by Crippen LogP contribution is 2.32. The van der Waals surface area contributed by atoms with Gasteiger partial charge < -0.3 is 20.6 Å². The Kier molecular flexibility index (Phi) is 5.63. The van der Waals surface area contributed by atoms with E-state index in [1.807, 2.05) is 31.2 Å². The molecule has 2 aromatic carbocycles. The molecule has 1 aliphatic heterocycles. The summed E-state index contributed by atoms with van der Waals surface area (Å²) in [5.41, 5.74) is 2.98. The number of amides is 3. The van der Waals surface area contributed by atoms with Gasteiger partial charge in [-0.25, -0.2) is 9.59 Å². The Morgan fingerprint density at radius 2 is 1.82 bits per heavy atom. The van der Waals surface area contributed by atoms with E-state index in [1.54, 1.807) is 24.0 Å². The maximum Gasteiger partial charge on any atom is 0.335 e. The molecular weight excluding hydrogens is 358 g/mol. The maximum atomic E-state index is 12.9. The van der Waals surface area contributed by atoms with Crippen molar-refractivity contribution in [3.63, 3.8) is 0 Å². The van der Waals surface area contributed by atoms with Crippen molar-refractivity contribution in [2.75, 3.05) is 4.90 Å². The normalized spacial score (nSPS) is 16.2. The number of nitrogens with zero attached hydrogens (tertiary/aromatic N) is 1. The average Bonchev–Trinajstić information content (AvgIpc) is 3.01. The molecule has 7 nitrogen and oxygen atoms in total. The summed E-state index contributed by atoms with van der Waals surface area (Å²) in [6.07, 6.45) is 0.799. The third-order valence-corrected chi connectivity index (χ3v) is 4.82. The Morgan fingerprint density at radius 1 is 1.14 bits per heavy atom. The molecule has 1 aliphatic rings. The summed E-state index contributed by atoms with van der Waals surface area (Å²) in [6.45, 7) is 3.89. The fraction of sp³-hybridized carbons (Fsp3) is 0.286. The number of fused-ring (bicyclic) bond motifs is 1. The number of anilines is 1. The number of benzene rings is 2. The van der Waals surface area contributed by atoms with E-state index in [0.717, 1.165) is 23.2 Å². The molecule has 2 aromatic rings. The topological polar surface area (TPSA) is 98.7 Å². The first kappa shape index (κ1) is 19.4. The Hall–Kier alpha value is -3.35. The van der Waals surface area contributed by atoms with Crippen LogP contribution < -0.4 is 15.5 Å². The highest BCUT2D eigenvalue weighted by Gasteiger charge is 2.33. The highest BCUT2D eigenvalue weighted by molar-refractivity contribution is 6.00. The molecule has 3 amide bonds. The predicted octanol–water partition coefficient (Wildman–Crippen LogP) is 2.55. The maximum absolute atomic E-state index is 12.9. The van der Waals surface area contributed by atoms with E-state index in [-0.39, 0.29) is 24.1 Å². The van der Waals surface area contributed by atoms with E-state index in [0.29, 0.717) is 0 Å². The first-order chi connectivity index (χ1) is 13.4. The number of para-hydroxylation sites is 1. The number of urea groups is 1. The van der Waals surface area contributed by atoms with Crippen LogP contribution in [0.4, 0.5) is 10.5 Å². The Balaban J connectivity index is 1.55. The summed E-state index contributed by atoms with van der Waals surface area (Å²) in [5, 5.41) is 14.3. The minimum atomic E-state index is -0.998. The Morgan fingerprint density at radius 3 is 2.50 bits per heavy atom. The van der Waals surface area contributed by atoms with Crippen LogP contribution in [0, 0.1) is 0 Å². The largest absolute Gasteiger partial charge is 0.478 e. The molecule has 0 aliphatic carbocycles. The summed E-state index contributed by atoms with van der Waals surface area (Å²) in [5.74, 6) is -1.15. The van der Waals surface area contributed by atoms with Crippen LogP contribution in [0.15, 0.2) is 48.5 Å². The van der Waals surface area contributed by atoms with Crippen LogP contribution in [0.3, 0.4) is 0 Å². The van der Waals surface area contributed by atoms with Gasteiger partial charge in [0.1, 0.15) is 6.04 Å². The van der Waals surface area contributed by atoms with Crippen LogP contribution in [0.25, 0.3) is 0 Å². The average molecular weight is 381 g/mol. The summed E-state index contributed by atoms with van der Waals surface area (Å²) in [6, 6.07) is 12.9. The molecule has 0 fully saturated rings. The molecule has 3 N–H and O–H groups in total. The molecular formula is C21H23N3O4. The number of hydrogen-bond acceptors (Lipinski definition) is 3. The molecule has 0 saturated carbocycles. The molecule has 28 heavy (non-hydrogen) atoms. The van der Waals surface area contributed by atoms with Crippen molar-refractivity contribution in [3.05, 3.63) is 65.2 Å². The molecule has 7 heteroatoms. The van der Waals surface area contributed by atoms with Gasteiger partial charge in [0.15, 0.2) is 0 Å². The van der Waals surface area contributed by atoms with Gasteiger partial charge in [-0.1, -0.05) is 30.3 Å². The monoisotopic (exact) mass is 381 g/mol. The second-order valence-electron chi connectivity index (χ2n) is 6.94. The lowest BCUT2D eigenvalue weighted by Crippen LogP contribution is -2.51. The fourth-order valence-corrected chi connectivity index (χ4v) is 3.37. The number of carboxylic acid groups (broad SMARTS) is 1. The van der Waals surface area contributed by atoms with Gasteiger partial charge in [0, 0.05) is 18.3 Å². The van der Waals surface area contributed by atoms with Gasteiger partial charge in [0.05, 0.1) is 5.56 Å². The zero-order chi connectivity index (χ0) is 20.3. The standard InChI is InChI=1S/C21H23N3O4/c1-13-11-17-5-3-4-6-18(17)24(13)19(25)14(2)23-21(28)22-12-15-7-9-16(10-8-15)20(26)27/h3-10,13-14H,11-12H2,1-2H3,(H,26,27)(H2,22,23,28). The smallest absolute Gasteiger partial charge is 0.335 e. The minimum absolute atomic E-state index is 0.0463. The highest BCUT2D eigenvalue weighted by atomic mass is 16.4. The van der Waals surface area contributed by atoms with Gasteiger partial charge >= 0.3 is 12.0 Å². The summed E-state index contributed by atoms with van der Waals surface area (Å²) < 4.78 is 0. The number of carboxylic acids is 1. The molecule has 2 atom stereocenters. The van der Waals surface area contributed by atoms with E-state index < -0.39 is 18.0 Å². The van der Waals surface area contributed by atoms with Crippen molar-refractivity contribution in [1.29, 1.82) is 0 Å². The van der Waals surface area contributed by atoms with E-state index in [1.165, 1.54) is 12.1 Å². The zero-order valence-electron chi connectivity index (χ0n) is 15.8. The van der Waals surface area contributed by atoms with Gasteiger partial charge in [-0.05, 0) is 49.6 Å². The van der Waals surface area contributed by atoms with Crippen molar-refractivity contribution in [2.24, 2.45) is 0 Å². The zero-order valence-corrected chi connectivity index (χ0v) is 15.8. The molecule has 146 valence electrons. The van der Waals surface area contributed by atoms with Crippen molar-refractivity contribution in [3.8, 4) is 0 Å². The first-order valence-corrected chi connectivity index (χ1v) is 9.14. The molecule has 0 aromatic heterocycles. The van der Waals surface area contributed by atoms with Gasteiger partial charge in [-0.15, -0.1) is 0 Å². The number of carbonyl (C=O) groups excluding carboxylic acids is 2. The van der Waals surface area contributed by atoms with Crippen LogP contribution in [0.1, 0.15) is 35.3 Å². The van der Waals surface area contributed by atoms with Gasteiger partial charge in [-0.3, -0.25) is 4.79 Å². The molecule has 2 unspecified atom stereocenters. The lowest BCUT2D eigenvalue weighted by molar-refractivity contribution is -0.120. The van der Waals surface area contributed by atoms with E-state index in [9.17, 15) is 14.4 Å². The Labute approximate surface area is 163 Å². The molecule has 1 heterocycles. The third kappa shape index (κ3) is 4.14. The summed E-state index contributed by atoms with van der Waals surface area (Å²) >= 11 is 0. The quantitative estimate of drug-likeness (QED) is 0.741. The van der Waals surface area contributed by atoms with Crippen LogP contribution >= 0.6 is 0 Å². The van der Waals surface area contributed by atoms with E-state index in [4.69, 9.17) is 5.11 Å². The van der Waals surface area contributed by atoms with Crippen LogP contribution in [-0.4, -0.2) is 35.1 Å². The lowest BCUT2D eigenvalue weighted by atomic mass is 10.1. The molecule has 0 saturated heterocycles. The molecule has 0 bridgehead atoms. The SMILES string of the molecule is CC(NC(=O)NCc1ccc(C(=O)O)cc1)C(=O)N1c2ccccc2CC1C. The van der Waals surface area contributed by atoms with Crippen molar-refractivity contribution in [2.45, 2.75) is 38.9 Å². The van der Waals surface area contributed by atoms with Crippen molar-refractivity contribution < 1.29 is 19.5 Å². The van der Waals surface area contributed by atoms with E-state index >= 15 is 0 Å². The predicted molar refractivity (Wildman–Crippen MR) is 105 cm³/mol. The second-order valence-corrected chi connectivity index (χ2v) is 6.94. The fourth-order valence-electron chi connectivity index (χ4n) is 3.37.